The Morgan fingerprint density at radius 2 is 2.00 bits per heavy atom. The van der Waals surface area contributed by atoms with E-state index in [0.717, 1.165) is 51.7 Å². The van der Waals surface area contributed by atoms with Crippen molar-refractivity contribution in [3.8, 4) is 0 Å². The normalized spacial score (nSPS) is 51.6. The Kier molecular flexibility index (Phi) is 3.26. The Hall–Kier alpha value is -0.710. The van der Waals surface area contributed by atoms with Gasteiger partial charge in [0.05, 0.1) is 26.4 Å². The van der Waals surface area contributed by atoms with Crippen molar-refractivity contribution in [1.82, 2.24) is 0 Å². The molecule has 2 spiro atoms. The van der Waals surface area contributed by atoms with Gasteiger partial charge in [0, 0.05) is 29.6 Å². The minimum atomic E-state index is -0.422. The van der Waals surface area contributed by atoms with E-state index in [0.29, 0.717) is 42.7 Å². The van der Waals surface area contributed by atoms with Crippen LogP contribution in [0.3, 0.4) is 0 Å². The minimum absolute atomic E-state index is 0.0500. The van der Waals surface area contributed by atoms with E-state index in [1.54, 1.807) is 5.57 Å². The maximum atomic E-state index is 12.6. The lowest BCUT2D eigenvalue weighted by molar-refractivity contribution is -0.258. The first kappa shape index (κ1) is 16.3. The van der Waals surface area contributed by atoms with E-state index in [2.05, 4.69) is 13.0 Å². The van der Waals surface area contributed by atoms with Crippen LogP contribution in [0.15, 0.2) is 11.6 Å². The highest BCUT2D eigenvalue weighted by atomic mass is 16.7. The summed E-state index contributed by atoms with van der Waals surface area (Å²) in [5.41, 5.74) is 1.68. The largest absolute Gasteiger partial charge is 0.380 e. The number of carbonyl (C=O) groups is 1. The molecule has 6 rings (SSSR count). The number of allylic oxidation sites excluding steroid dienone is 1. The van der Waals surface area contributed by atoms with Gasteiger partial charge < -0.3 is 14.2 Å². The third-order valence-electron chi connectivity index (χ3n) is 9.26. The number of ether oxygens (including phenoxy) is 3. The van der Waals surface area contributed by atoms with Crippen molar-refractivity contribution < 1.29 is 19.0 Å². The van der Waals surface area contributed by atoms with E-state index in [-0.39, 0.29) is 10.8 Å². The highest BCUT2D eigenvalue weighted by Crippen LogP contribution is 2.67. The van der Waals surface area contributed by atoms with Crippen LogP contribution in [0.1, 0.15) is 51.9 Å². The van der Waals surface area contributed by atoms with Crippen molar-refractivity contribution in [2.24, 2.45) is 34.5 Å². The van der Waals surface area contributed by atoms with E-state index in [9.17, 15) is 4.79 Å². The predicted molar refractivity (Wildman–Crippen MR) is 95.4 cm³/mol. The molecule has 6 aliphatic rings. The first-order valence-corrected chi connectivity index (χ1v) is 10.7. The van der Waals surface area contributed by atoms with Gasteiger partial charge in [-0.1, -0.05) is 18.6 Å². The molecule has 0 amide bonds. The first-order chi connectivity index (χ1) is 12.6. The van der Waals surface area contributed by atoms with Crippen molar-refractivity contribution in [2.75, 3.05) is 26.4 Å². The molecule has 26 heavy (non-hydrogen) atoms. The van der Waals surface area contributed by atoms with Crippen molar-refractivity contribution in [3.05, 3.63) is 11.6 Å². The molecule has 4 aliphatic carbocycles. The maximum Gasteiger partial charge on any atom is 0.177 e. The van der Waals surface area contributed by atoms with Crippen LogP contribution in [0.4, 0.5) is 0 Å². The number of ketones is 1. The molecule has 2 saturated heterocycles. The summed E-state index contributed by atoms with van der Waals surface area (Å²) >= 11 is 0. The molecule has 0 aromatic rings. The molecular weight excluding hydrogens is 328 g/mol. The Morgan fingerprint density at radius 1 is 1.15 bits per heavy atom. The summed E-state index contributed by atoms with van der Waals surface area (Å²) in [4.78, 5) is 12.6. The van der Waals surface area contributed by atoms with E-state index in [1.165, 1.54) is 6.42 Å². The Labute approximate surface area is 155 Å². The van der Waals surface area contributed by atoms with Gasteiger partial charge in [-0.3, -0.25) is 4.79 Å². The summed E-state index contributed by atoms with van der Waals surface area (Å²) in [7, 11) is 0. The molecule has 0 radical (unpaired) electrons. The van der Waals surface area contributed by atoms with Crippen molar-refractivity contribution in [3.63, 3.8) is 0 Å². The fourth-order valence-electron chi connectivity index (χ4n) is 7.96. The fraction of sp³-hybridized carbons (Fsp3) is 0.864. The Balaban J connectivity index is 1.40. The Morgan fingerprint density at radius 3 is 2.85 bits per heavy atom. The van der Waals surface area contributed by atoms with Gasteiger partial charge >= 0.3 is 0 Å². The molecule has 3 saturated carbocycles. The molecule has 142 valence electrons. The van der Waals surface area contributed by atoms with Gasteiger partial charge in [0.25, 0.3) is 0 Å². The molecule has 2 heterocycles. The van der Waals surface area contributed by atoms with Gasteiger partial charge in [-0.2, -0.15) is 0 Å². The zero-order valence-electron chi connectivity index (χ0n) is 15.8. The average Bonchev–Trinajstić information content (AvgIpc) is 3.23. The van der Waals surface area contributed by atoms with Crippen LogP contribution in [0.25, 0.3) is 0 Å². The lowest BCUT2D eigenvalue weighted by Crippen LogP contribution is -2.61. The van der Waals surface area contributed by atoms with Crippen molar-refractivity contribution >= 4 is 5.78 Å². The van der Waals surface area contributed by atoms with Crippen molar-refractivity contribution in [2.45, 2.75) is 57.7 Å². The van der Waals surface area contributed by atoms with Crippen LogP contribution in [-0.2, 0) is 19.0 Å². The molecule has 2 bridgehead atoms. The van der Waals surface area contributed by atoms with Crippen LogP contribution >= 0.6 is 0 Å². The van der Waals surface area contributed by atoms with Gasteiger partial charge in [0.2, 0.25) is 0 Å². The second kappa shape index (κ2) is 5.21. The van der Waals surface area contributed by atoms with Gasteiger partial charge in [-0.15, -0.1) is 0 Å². The summed E-state index contributed by atoms with van der Waals surface area (Å²) in [6.07, 6.45) is 9.90. The standard InChI is InChI=1S/C22H30O4/c1-20-7-6-18-16(17(20)4-5-19(20)23)3-2-14-11-22(25-8-9-26-22)15-10-21(14,18)13-24-12-15/h2,15-18H,3-13H2,1H3. The average molecular weight is 358 g/mol. The summed E-state index contributed by atoms with van der Waals surface area (Å²) in [5, 5.41) is 0. The second-order valence-electron chi connectivity index (χ2n) is 10.0. The smallest absolute Gasteiger partial charge is 0.177 e. The summed E-state index contributed by atoms with van der Waals surface area (Å²) in [6, 6.07) is 0. The van der Waals surface area contributed by atoms with E-state index < -0.39 is 5.79 Å². The number of hydrogen-bond acceptors (Lipinski definition) is 4. The number of fused-ring (bicyclic) bond motifs is 5. The molecule has 0 aromatic carbocycles. The number of carbonyl (C=O) groups excluding carboxylic acids is 1. The van der Waals surface area contributed by atoms with Gasteiger partial charge in [-0.25, -0.2) is 0 Å². The summed E-state index contributed by atoms with van der Waals surface area (Å²) in [6.45, 7) is 5.32. The monoisotopic (exact) mass is 358 g/mol. The minimum Gasteiger partial charge on any atom is -0.380 e. The van der Waals surface area contributed by atoms with Crippen LogP contribution in [-0.4, -0.2) is 38.0 Å². The molecule has 6 unspecified atom stereocenters. The third kappa shape index (κ3) is 1.84. The topological polar surface area (TPSA) is 44.8 Å². The van der Waals surface area contributed by atoms with Crippen molar-refractivity contribution in [1.29, 1.82) is 0 Å². The lowest BCUT2D eigenvalue weighted by Gasteiger charge is -2.62. The van der Waals surface area contributed by atoms with E-state index in [1.807, 2.05) is 0 Å². The fourth-order valence-corrected chi connectivity index (χ4v) is 7.96. The molecule has 4 nitrogen and oxygen atoms in total. The number of Topliss-reactive ketones (excluding diaryl/α,β-unsaturated/α-hetero) is 1. The molecular formula is C22H30O4. The zero-order valence-corrected chi connectivity index (χ0v) is 15.8. The predicted octanol–water partition coefficient (Wildman–Crippen LogP) is 3.50. The maximum absolute atomic E-state index is 12.6. The molecule has 0 aromatic heterocycles. The van der Waals surface area contributed by atoms with Gasteiger partial charge in [0.1, 0.15) is 5.78 Å². The SMILES string of the molecule is CC12CCC3C(CC=C4CC5(OCCO5)C5COCC43C5)C1CCC2=O. The first-order valence-electron chi connectivity index (χ1n) is 10.7. The van der Waals surface area contributed by atoms with Crippen LogP contribution in [0.2, 0.25) is 0 Å². The summed E-state index contributed by atoms with van der Waals surface area (Å²) < 4.78 is 18.5. The van der Waals surface area contributed by atoms with E-state index in [4.69, 9.17) is 14.2 Å². The molecule has 6 atom stereocenters. The van der Waals surface area contributed by atoms with E-state index >= 15 is 0 Å². The highest BCUT2D eigenvalue weighted by Gasteiger charge is 2.65. The lowest BCUT2D eigenvalue weighted by atomic mass is 9.46. The molecule has 4 heteroatoms. The quantitative estimate of drug-likeness (QED) is 0.622. The molecule has 2 aliphatic heterocycles. The molecule has 5 fully saturated rings. The summed E-state index contributed by atoms with van der Waals surface area (Å²) in [5.74, 6) is 2.37. The van der Waals surface area contributed by atoms with Crippen LogP contribution < -0.4 is 0 Å². The van der Waals surface area contributed by atoms with Gasteiger partial charge in [0.15, 0.2) is 5.79 Å². The Bertz CT molecular complexity index is 678. The van der Waals surface area contributed by atoms with Crippen LogP contribution in [0, 0.1) is 34.5 Å². The third-order valence-corrected chi connectivity index (χ3v) is 9.26. The second-order valence-corrected chi connectivity index (χ2v) is 10.0. The zero-order chi connectivity index (χ0) is 17.6. The van der Waals surface area contributed by atoms with Crippen LogP contribution in [0.5, 0.6) is 0 Å². The van der Waals surface area contributed by atoms with Gasteiger partial charge in [-0.05, 0) is 49.9 Å². The number of rotatable bonds is 0. The number of hydrogen-bond donors (Lipinski definition) is 0. The highest BCUT2D eigenvalue weighted by molar-refractivity contribution is 5.87. The molecule has 0 N–H and O–H groups in total.